The zero-order valence-corrected chi connectivity index (χ0v) is 16.5. The summed E-state index contributed by atoms with van der Waals surface area (Å²) in [7, 11) is 0. The summed E-state index contributed by atoms with van der Waals surface area (Å²) in [5, 5.41) is 1.41. The van der Waals surface area contributed by atoms with Crippen molar-refractivity contribution in [3.05, 3.63) is 33.4 Å². The summed E-state index contributed by atoms with van der Waals surface area (Å²) in [4.78, 5) is 17.7. The smallest absolute Gasteiger partial charge is 0.217 e. The van der Waals surface area contributed by atoms with E-state index in [-0.39, 0.29) is 5.91 Å². The Morgan fingerprint density at radius 1 is 1.44 bits per heavy atom. The van der Waals surface area contributed by atoms with Crippen LogP contribution >= 0.6 is 15.9 Å². The Balaban J connectivity index is 1.81. The van der Waals surface area contributed by atoms with Crippen LogP contribution in [0, 0.1) is 12.8 Å². The molecule has 25 heavy (non-hydrogen) atoms. The number of nitrogens with two attached hydrogens (primary N) is 1. The van der Waals surface area contributed by atoms with Crippen LogP contribution in [0.25, 0.3) is 10.9 Å². The van der Waals surface area contributed by atoms with Crippen molar-refractivity contribution < 1.29 is 4.79 Å². The molecule has 0 saturated carbocycles. The van der Waals surface area contributed by atoms with E-state index < -0.39 is 0 Å². The number of aromatic amines is 1. The number of carbonyl (C=O) groups is 1. The van der Waals surface area contributed by atoms with Crippen molar-refractivity contribution in [3.8, 4) is 0 Å². The summed E-state index contributed by atoms with van der Waals surface area (Å²) < 4.78 is 1.13. The second-order valence-corrected chi connectivity index (χ2v) is 8.71. The third kappa shape index (κ3) is 2.91. The Bertz CT molecular complexity index is 828. The number of rotatable bonds is 4. The highest BCUT2D eigenvalue weighted by Crippen LogP contribution is 2.47. The SMILES string of the molecule is CCCN1C[C@H](CC(N)=O)CC2c3cc(Br)cc4[nH]c(C)c(c34)C[C@H]21. The van der Waals surface area contributed by atoms with Crippen LogP contribution in [0.3, 0.4) is 0 Å². The molecule has 2 heterocycles. The molecule has 1 aromatic heterocycles. The highest BCUT2D eigenvalue weighted by molar-refractivity contribution is 9.10. The number of hydrogen-bond donors (Lipinski definition) is 2. The van der Waals surface area contributed by atoms with Crippen molar-refractivity contribution in [2.45, 2.75) is 51.5 Å². The first kappa shape index (κ1) is 17.1. The van der Waals surface area contributed by atoms with E-state index in [2.05, 4.69) is 51.8 Å². The van der Waals surface area contributed by atoms with Crippen LogP contribution in [-0.4, -0.2) is 34.9 Å². The lowest BCUT2D eigenvalue weighted by Gasteiger charge is -2.47. The average Bonchev–Trinajstić information content (AvgIpc) is 2.84. The Labute approximate surface area is 157 Å². The van der Waals surface area contributed by atoms with Gasteiger partial charge in [-0.25, -0.2) is 0 Å². The molecule has 1 aliphatic carbocycles. The fraction of sp³-hybridized carbons (Fsp3) is 0.550. The van der Waals surface area contributed by atoms with Gasteiger partial charge in [0.25, 0.3) is 0 Å². The molecule has 1 fully saturated rings. The highest BCUT2D eigenvalue weighted by atomic mass is 79.9. The number of aryl methyl sites for hydroxylation is 1. The fourth-order valence-electron chi connectivity index (χ4n) is 5.18. The van der Waals surface area contributed by atoms with Crippen LogP contribution in [0.4, 0.5) is 0 Å². The second kappa shape index (κ2) is 6.44. The quantitative estimate of drug-likeness (QED) is 0.813. The van der Waals surface area contributed by atoms with Crippen molar-refractivity contribution in [2.75, 3.05) is 13.1 Å². The number of fused-ring (bicyclic) bond motifs is 2. The van der Waals surface area contributed by atoms with Crippen LogP contribution in [0.2, 0.25) is 0 Å². The standard InChI is InChI=1S/C20H26BrN3O/c1-3-4-24-10-12(6-19(22)25)5-15-16-7-13(21)8-17-20(16)14(9-18(15)24)11(2)23-17/h7-8,12,15,18,23H,3-6,9-10H2,1-2H3,(H2,22,25)/t12-,15?,18+/m0/s1. The van der Waals surface area contributed by atoms with Gasteiger partial charge in [-0.1, -0.05) is 22.9 Å². The molecule has 0 spiro atoms. The highest BCUT2D eigenvalue weighted by Gasteiger charge is 2.41. The van der Waals surface area contributed by atoms with E-state index in [1.807, 2.05) is 0 Å². The lowest BCUT2D eigenvalue weighted by molar-refractivity contribution is -0.119. The fourth-order valence-corrected chi connectivity index (χ4v) is 5.66. The maximum atomic E-state index is 11.5. The molecule has 1 amide bonds. The van der Waals surface area contributed by atoms with Gasteiger partial charge in [0.05, 0.1) is 0 Å². The average molecular weight is 404 g/mol. The number of likely N-dealkylation sites (tertiary alicyclic amines) is 1. The van der Waals surface area contributed by atoms with Crippen LogP contribution < -0.4 is 5.73 Å². The molecular weight excluding hydrogens is 378 g/mol. The number of aromatic nitrogens is 1. The largest absolute Gasteiger partial charge is 0.370 e. The number of piperidine rings is 1. The molecule has 2 aliphatic rings. The van der Waals surface area contributed by atoms with E-state index in [0.29, 0.717) is 24.3 Å². The molecule has 3 N–H and O–H groups in total. The first-order valence-corrected chi connectivity index (χ1v) is 10.1. The molecule has 1 aromatic carbocycles. The van der Waals surface area contributed by atoms with Crippen LogP contribution in [-0.2, 0) is 11.2 Å². The van der Waals surface area contributed by atoms with Crippen molar-refractivity contribution >= 4 is 32.7 Å². The molecule has 5 heteroatoms. The predicted molar refractivity (Wildman–Crippen MR) is 105 cm³/mol. The number of hydrogen-bond acceptors (Lipinski definition) is 2. The normalized spacial score (nSPS) is 26.0. The Kier molecular flexibility index (Phi) is 4.40. The van der Waals surface area contributed by atoms with Gasteiger partial charge in [-0.05, 0) is 61.9 Å². The predicted octanol–water partition coefficient (Wildman–Crippen LogP) is 3.85. The van der Waals surface area contributed by atoms with Crippen LogP contribution in [0.1, 0.15) is 48.9 Å². The van der Waals surface area contributed by atoms with Gasteiger partial charge >= 0.3 is 0 Å². The monoisotopic (exact) mass is 403 g/mol. The van der Waals surface area contributed by atoms with Gasteiger partial charge in [0.15, 0.2) is 0 Å². The molecule has 0 radical (unpaired) electrons. The molecule has 4 nitrogen and oxygen atoms in total. The minimum absolute atomic E-state index is 0.173. The molecule has 1 unspecified atom stereocenters. The minimum Gasteiger partial charge on any atom is -0.370 e. The van der Waals surface area contributed by atoms with Gasteiger partial charge in [-0.2, -0.15) is 0 Å². The maximum absolute atomic E-state index is 11.5. The van der Waals surface area contributed by atoms with E-state index in [4.69, 9.17) is 5.73 Å². The Morgan fingerprint density at radius 2 is 2.24 bits per heavy atom. The zero-order chi connectivity index (χ0) is 17.7. The van der Waals surface area contributed by atoms with Gasteiger partial charge in [0.2, 0.25) is 5.91 Å². The number of benzene rings is 1. The van der Waals surface area contributed by atoms with E-state index in [9.17, 15) is 4.79 Å². The van der Waals surface area contributed by atoms with Gasteiger partial charge in [0, 0.05) is 46.0 Å². The third-order valence-corrected chi connectivity index (χ3v) is 6.49. The first-order chi connectivity index (χ1) is 12.0. The summed E-state index contributed by atoms with van der Waals surface area (Å²) in [5.41, 5.74) is 11.0. The Hall–Kier alpha value is -1.33. The van der Waals surface area contributed by atoms with E-state index in [1.165, 1.54) is 27.7 Å². The third-order valence-electron chi connectivity index (χ3n) is 6.04. The molecule has 0 bridgehead atoms. The van der Waals surface area contributed by atoms with Crippen molar-refractivity contribution in [2.24, 2.45) is 11.7 Å². The van der Waals surface area contributed by atoms with Crippen LogP contribution in [0.15, 0.2) is 16.6 Å². The van der Waals surface area contributed by atoms with Gasteiger partial charge in [-0.3, -0.25) is 9.69 Å². The Morgan fingerprint density at radius 3 is 2.96 bits per heavy atom. The second-order valence-electron chi connectivity index (χ2n) is 7.79. The molecule has 4 rings (SSSR count). The number of halogens is 1. The zero-order valence-electron chi connectivity index (χ0n) is 14.9. The van der Waals surface area contributed by atoms with E-state index in [1.54, 1.807) is 0 Å². The summed E-state index contributed by atoms with van der Waals surface area (Å²) in [5.74, 6) is 0.668. The number of H-pyrrole nitrogens is 1. The lowest BCUT2D eigenvalue weighted by Crippen LogP contribution is -2.50. The molecule has 134 valence electrons. The lowest BCUT2D eigenvalue weighted by atomic mass is 9.71. The van der Waals surface area contributed by atoms with Gasteiger partial charge in [-0.15, -0.1) is 0 Å². The summed E-state index contributed by atoms with van der Waals surface area (Å²) in [6, 6.07) is 5.01. The van der Waals surface area contributed by atoms with E-state index >= 15 is 0 Å². The van der Waals surface area contributed by atoms with Crippen molar-refractivity contribution in [1.82, 2.24) is 9.88 Å². The minimum atomic E-state index is -0.173. The summed E-state index contributed by atoms with van der Waals surface area (Å²) in [6.07, 6.45) is 3.80. The molecule has 1 aliphatic heterocycles. The molecule has 2 aromatic rings. The van der Waals surface area contributed by atoms with Gasteiger partial charge in [0.1, 0.15) is 0 Å². The van der Waals surface area contributed by atoms with Crippen molar-refractivity contribution in [1.29, 1.82) is 0 Å². The molecular formula is C20H26BrN3O. The number of primary amides is 1. The molecule has 3 atom stereocenters. The number of amides is 1. The van der Waals surface area contributed by atoms with Gasteiger partial charge < -0.3 is 10.7 Å². The summed E-state index contributed by atoms with van der Waals surface area (Å²) >= 11 is 3.69. The number of carbonyl (C=O) groups excluding carboxylic acids is 1. The topological polar surface area (TPSA) is 62.1 Å². The number of nitrogens with one attached hydrogen (secondary N) is 1. The van der Waals surface area contributed by atoms with Crippen molar-refractivity contribution in [3.63, 3.8) is 0 Å². The first-order valence-electron chi connectivity index (χ1n) is 9.30. The summed E-state index contributed by atoms with van der Waals surface area (Å²) in [6.45, 7) is 6.51. The maximum Gasteiger partial charge on any atom is 0.217 e. The van der Waals surface area contributed by atoms with E-state index in [0.717, 1.165) is 36.8 Å². The number of nitrogens with zero attached hydrogens (tertiary/aromatic N) is 1. The molecule has 1 saturated heterocycles. The van der Waals surface area contributed by atoms with Crippen LogP contribution in [0.5, 0.6) is 0 Å².